The van der Waals surface area contributed by atoms with Crippen LogP contribution < -0.4 is 10.1 Å². The second-order valence-corrected chi connectivity index (χ2v) is 7.47. The summed E-state index contributed by atoms with van der Waals surface area (Å²) in [6.07, 6.45) is 3.68. The number of amides is 2. The van der Waals surface area contributed by atoms with Crippen LogP contribution in [-0.2, 0) is 4.79 Å². The van der Waals surface area contributed by atoms with E-state index in [1.807, 2.05) is 11.8 Å². The minimum atomic E-state index is -0.638. The van der Waals surface area contributed by atoms with E-state index >= 15 is 0 Å². The van der Waals surface area contributed by atoms with Crippen molar-refractivity contribution in [2.24, 2.45) is 11.8 Å². The molecule has 1 aliphatic carbocycles. The lowest BCUT2D eigenvalue weighted by Gasteiger charge is -2.40. The van der Waals surface area contributed by atoms with Gasteiger partial charge in [-0.05, 0) is 43.4 Å². The summed E-state index contributed by atoms with van der Waals surface area (Å²) in [6, 6.07) is 5.14. The summed E-state index contributed by atoms with van der Waals surface area (Å²) in [5.41, 5.74) is 0.526. The van der Waals surface area contributed by atoms with E-state index in [1.165, 1.54) is 0 Å². The van der Waals surface area contributed by atoms with Crippen molar-refractivity contribution in [3.05, 3.63) is 23.8 Å². The molecule has 134 valence electrons. The molecule has 25 heavy (non-hydrogen) atoms. The minimum absolute atomic E-state index is 0.0258. The maximum Gasteiger partial charge on any atom is 0.262 e. The fraction of sp³-hybridized carbons (Fsp3) is 0.579. The van der Waals surface area contributed by atoms with Crippen molar-refractivity contribution in [2.45, 2.75) is 38.2 Å². The first-order valence-electron chi connectivity index (χ1n) is 9.08. The molecule has 0 spiro atoms. The van der Waals surface area contributed by atoms with Gasteiger partial charge in [0.2, 0.25) is 0 Å². The molecule has 1 saturated heterocycles. The molecule has 3 atom stereocenters. The van der Waals surface area contributed by atoms with Gasteiger partial charge >= 0.3 is 0 Å². The summed E-state index contributed by atoms with van der Waals surface area (Å²) in [6.45, 7) is 3.33. The fourth-order valence-corrected chi connectivity index (χ4v) is 4.62. The lowest BCUT2D eigenvalue weighted by atomic mass is 9.69. The molecule has 2 amide bonds. The lowest BCUT2D eigenvalue weighted by molar-refractivity contribution is -0.118. The van der Waals surface area contributed by atoms with Gasteiger partial charge in [0.25, 0.3) is 11.8 Å². The summed E-state index contributed by atoms with van der Waals surface area (Å²) in [4.78, 5) is 26.2. The van der Waals surface area contributed by atoms with Gasteiger partial charge in [-0.2, -0.15) is 0 Å². The van der Waals surface area contributed by atoms with Gasteiger partial charge < -0.3 is 20.1 Å². The number of hydrogen-bond acceptors (Lipinski definition) is 4. The van der Waals surface area contributed by atoms with Crippen LogP contribution in [0.5, 0.6) is 5.75 Å². The molecule has 6 heteroatoms. The van der Waals surface area contributed by atoms with Crippen molar-refractivity contribution in [2.75, 3.05) is 25.0 Å². The van der Waals surface area contributed by atoms with Gasteiger partial charge in [-0.15, -0.1) is 0 Å². The average Bonchev–Trinajstić information content (AvgIpc) is 3.06. The number of aliphatic hydroxyl groups is 1. The minimum Gasteiger partial charge on any atom is -0.482 e. The van der Waals surface area contributed by atoms with Gasteiger partial charge in [-0.3, -0.25) is 9.59 Å². The zero-order valence-electron chi connectivity index (χ0n) is 14.5. The number of likely N-dealkylation sites (tertiary alicyclic amines) is 1. The molecular formula is C19H24N2O4. The van der Waals surface area contributed by atoms with Crippen LogP contribution in [0.15, 0.2) is 18.2 Å². The third-order valence-electron chi connectivity index (χ3n) is 6.08. The molecule has 3 aliphatic rings. The molecule has 0 unspecified atom stereocenters. The van der Waals surface area contributed by atoms with Gasteiger partial charge in [0.05, 0.1) is 11.3 Å². The molecule has 2 aliphatic heterocycles. The number of nitrogens with one attached hydrogen (secondary N) is 1. The largest absolute Gasteiger partial charge is 0.482 e. The zero-order chi connectivity index (χ0) is 17.6. The molecular weight excluding hydrogens is 320 g/mol. The van der Waals surface area contributed by atoms with E-state index in [0.717, 1.165) is 25.7 Å². The fourth-order valence-electron chi connectivity index (χ4n) is 4.62. The standard InChI is InChI=1S/C19H24N2O4/c1-2-19(24)7-3-4-13-9-21(10-14(13)19)18(23)12-5-6-15-16(8-12)25-11-17(22)20-15/h5-6,8,13-14,24H,2-4,7,9-11H2,1H3,(H,20,22)/t13-,14+,19-/m0/s1. The Kier molecular flexibility index (Phi) is 3.95. The number of carbonyl (C=O) groups excluding carboxylic acids is 2. The summed E-state index contributed by atoms with van der Waals surface area (Å²) in [5, 5.41) is 13.6. The van der Waals surface area contributed by atoms with E-state index in [9.17, 15) is 14.7 Å². The van der Waals surface area contributed by atoms with Crippen molar-refractivity contribution in [1.82, 2.24) is 4.90 Å². The molecule has 0 radical (unpaired) electrons. The first kappa shape index (κ1) is 16.4. The Hall–Kier alpha value is -2.08. The number of benzene rings is 1. The number of nitrogens with zero attached hydrogens (tertiary/aromatic N) is 1. The van der Waals surface area contributed by atoms with Crippen LogP contribution in [0.1, 0.15) is 43.0 Å². The molecule has 1 aromatic rings. The third kappa shape index (κ3) is 2.78. The number of rotatable bonds is 2. The molecule has 2 heterocycles. The first-order valence-corrected chi connectivity index (χ1v) is 9.08. The van der Waals surface area contributed by atoms with Crippen LogP contribution >= 0.6 is 0 Å². The monoisotopic (exact) mass is 344 g/mol. The third-order valence-corrected chi connectivity index (χ3v) is 6.08. The Morgan fingerprint density at radius 2 is 2.28 bits per heavy atom. The van der Waals surface area contributed by atoms with Gasteiger partial charge in [0.1, 0.15) is 5.75 Å². The number of fused-ring (bicyclic) bond motifs is 2. The summed E-state index contributed by atoms with van der Waals surface area (Å²) < 4.78 is 5.41. The molecule has 2 fully saturated rings. The predicted molar refractivity (Wildman–Crippen MR) is 92.5 cm³/mol. The summed E-state index contributed by atoms with van der Waals surface area (Å²) in [7, 11) is 0. The molecule has 0 bridgehead atoms. The Morgan fingerprint density at radius 1 is 1.44 bits per heavy atom. The Morgan fingerprint density at radius 3 is 3.08 bits per heavy atom. The number of anilines is 1. The van der Waals surface area contributed by atoms with Crippen molar-refractivity contribution in [3.8, 4) is 5.75 Å². The van der Waals surface area contributed by atoms with Gasteiger partial charge in [-0.25, -0.2) is 0 Å². The zero-order valence-corrected chi connectivity index (χ0v) is 14.5. The predicted octanol–water partition coefficient (Wildman–Crippen LogP) is 2.03. The van der Waals surface area contributed by atoms with E-state index in [4.69, 9.17) is 4.74 Å². The van der Waals surface area contributed by atoms with Crippen LogP contribution in [0.25, 0.3) is 0 Å². The van der Waals surface area contributed by atoms with Crippen LogP contribution in [0.3, 0.4) is 0 Å². The van der Waals surface area contributed by atoms with Crippen molar-refractivity contribution < 1.29 is 19.4 Å². The van der Waals surface area contributed by atoms with Gasteiger partial charge in [0, 0.05) is 24.6 Å². The maximum absolute atomic E-state index is 12.9. The maximum atomic E-state index is 12.9. The summed E-state index contributed by atoms with van der Waals surface area (Å²) >= 11 is 0. The Labute approximate surface area is 147 Å². The van der Waals surface area contributed by atoms with Crippen LogP contribution in [0.4, 0.5) is 5.69 Å². The summed E-state index contributed by atoms with van der Waals surface area (Å²) in [5.74, 6) is 0.872. The van der Waals surface area contributed by atoms with Crippen molar-refractivity contribution >= 4 is 17.5 Å². The molecule has 1 aromatic carbocycles. The number of hydrogen-bond donors (Lipinski definition) is 2. The smallest absolute Gasteiger partial charge is 0.262 e. The van der Waals surface area contributed by atoms with E-state index in [0.29, 0.717) is 36.0 Å². The quantitative estimate of drug-likeness (QED) is 0.860. The van der Waals surface area contributed by atoms with Crippen LogP contribution in [0.2, 0.25) is 0 Å². The second-order valence-electron chi connectivity index (χ2n) is 7.47. The Balaban J connectivity index is 1.53. The molecule has 2 N–H and O–H groups in total. The second kappa shape index (κ2) is 6.02. The molecule has 0 aromatic heterocycles. The first-order chi connectivity index (χ1) is 12.0. The topological polar surface area (TPSA) is 78.9 Å². The molecule has 6 nitrogen and oxygen atoms in total. The van der Waals surface area contributed by atoms with E-state index < -0.39 is 5.60 Å². The SMILES string of the molecule is CC[C@]1(O)CCC[C@H]2CN(C(=O)c3ccc4c(c3)OCC(=O)N4)C[C@H]21. The molecule has 1 saturated carbocycles. The average molecular weight is 344 g/mol. The Bertz CT molecular complexity index is 719. The van der Waals surface area contributed by atoms with Crippen molar-refractivity contribution in [3.63, 3.8) is 0 Å². The normalized spacial score (nSPS) is 31.0. The van der Waals surface area contributed by atoms with Crippen LogP contribution in [0, 0.1) is 11.8 Å². The van der Waals surface area contributed by atoms with E-state index in [1.54, 1.807) is 18.2 Å². The van der Waals surface area contributed by atoms with Gasteiger partial charge in [0.15, 0.2) is 6.61 Å². The van der Waals surface area contributed by atoms with Crippen LogP contribution in [-0.4, -0.2) is 47.1 Å². The highest BCUT2D eigenvalue weighted by Crippen LogP contribution is 2.44. The van der Waals surface area contributed by atoms with Crippen molar-refractivity contribution in [1.29, 1.82) is 0 Å². The highest BCUT2D eigenvalue weighted by molar-refractivity contribution is 5.99. The lowest BCUT2D eigenvalue weighted by Crippen LogP contribution is -2.44. The molecule has 4 rings (SSSR count). The number of ether oxygens (including phenoxy) is 1. The highest BCUT2D eigenvalue weighted by Gasteiger charge is 2.48. The van der Waals surface area contributed by atoms with Gasteiger partial charge in [-0.1, -0.05) is 13.3 Å². The van der Waals surface area contributed by atoms with E-state index in [2.05, 4.69) is 5.32 Å². The highest BCUT2D eigenvalue weighted by atomic mass is 16.5. The number of carbonyl (C=O) groups is 2. The van der Waals surface area contributed by atoms with E-state index in [-0.39, 0.29) is 24.3 Å².